The Morgan fingerprint density at radius 2 is 2.00 bits per heavy atom. The number of hydrogen-bond acceptors (Lipinski definition) is 2. The van der Waals surface area contributed by atoms with E-state index in [9.17, 15) is 13.3 Å². The van der Waals surface area contributed by atoms with Gasteiger partial charge in [0.2, 0.25) is 0 Å². The van der Waals surface area contributed by atoms with Crippen molar-refractivity contribution in [3.05, 3.63) is 0 Å². The van der Waals surface area contributed by atoms with Gasteiger partial charge in [0.1, 0.15) is 0 Å². The van der Waals surface area contributed by atoms with Crippen LogP contribution in [0.15, 0.2) is 0 Å². The minimum absolute atomic E-state index is 0. The van der Waals surface area contributed by atoms with Crippen LogP contribution in [0.4, 0.5) is 13.3 Å². The van der Waals surface area contributed by atoms with Crippen LogP contribution in [-0.4, -0.2) is 12.4 Å². The van der Waals surface area contributed by atoms with E-state index in [0.29, 0.717) is 0 Å². The smallest absolute Gasteiger partial charge is 1.00 e. The first kappa shape index (κ1) is 11.7. The van der Waals surface area contributed by atoms with Crippen molar-refractivity contribution in [2.45, 2.75) is 6.43 Å². The molecule has 8 heavy (non-hydrogen) atoms. The molecule has 0 N–H and O–H groups in total. The molecule has 0 aliphatic carbocycles. The van der Waals surface area contributed by atoms with Crippen LogP contribution in [0.3, 0.4) is 0 Å². The van der Waals surface area contributed by atoms with Gasteiger partial charge < -0.3 is 1.43 Å². The van der Waals surface area contributed by atoms with Crippen LogP contribution in [0.2, 0.25) is 0 Å². The quantitative estimate of drug-likeness (QED) is 0.400. The van der Waals surface area contributed by atoms with Crippen molar-refractivity contribution < 1.29 is 75.9 Å². The van der Waals surface area contributed by atoms with E-state index in [-0.39, 0.29) is 52.8 Å². The maximum Gasteiger partial charge on any atom is 1.00 e. The molecular weight excluding hydrogens is 152 g/mol. The minimum Gasteiger partial charge on any atom is -1.00 e. The normalized spacial score (nSPS) is 8.00. The molecule has 6 heteroatoms. The van der Waals surface area contributed by atoms with Gasteiger partial charge in [0, 0.05) is 4.53 Å². The molecule has 0 aromatic rings. The molecule has 0 fully saturated rings. The first-order chi connectivity index (χ1) is 3.18. The third-order valence-corrected chi connectivity index (χ3v) is 0.254. The Balaban J connectivity index is -0.000000180. The molecule has 0 saturated carbocycles. The summed E-state index contributed by atoms with van der Waals surface area (Å²) in [6, 6.07) is 0. The van der Waals surface area contributed by atoms with Gasteiger partial charge in [-0.25, -0.2) is 9.74 Å². The standard InChI is InChI=1S/C2HF3O2.K.H/c3-1(4)2(6)7-5;;/h1H;;/q;+1;-1. The fourth-order valence-corrected chi connectivity index (χ4v) is 0.0337. The summed E-state index contributed by atoms with van der Waals surface area (Å²) in [5.74, 6) is -2.15. The number of halogens is 3. The summed E-state index contributed by atoms with van der Waals surface area (Å²) in [6.45, 7) is 0. The maximum absolute atomic E-state index is 10.7. The average Bonchev–Trinajstić information content (AvgIpc) is 1.65. The summed E-state index contributed by atoms with van der Waals surface area (Å²) in [6.07, 6.45) is -3.37. The summed E-state index contributed by atoms with van der Waals surface area (Å²) in [5, 5.41) is 0. The summed E-state index contributed by atoms with van der Waals surface area (Å²) in [5.41, 5.74) is 0. The second kappa shape index (κ2) is 6.02. The predicted octanol–water partition coefficient (Wildman–Crippen LogP) is -2.20. The Morgan fingerprint density at radius 1 is 1.62 bits per heavy atom. The van der Waals surface area contributed by atoms with Gasteiger partial charge in [-0.2, -0.15) is 8.78 Å². The topological polar surface area (TPSA) is 26.3 Å². The molecule has 0 spiro atoms. The van der Waals surface area contributed by atoms with Crippen molar-refractivity contribution in [2.75, 3.05) is 0 Å². The van der Waals surface area contributed by atoms with Crippen LogP contribution in [-0.2, 0) is 9.74 Å². The van der Waals surface area contributed by atoms with E-state index >= 15 is 0 Å². The minimum atomic E-state index is -3.37. The molecule has 2 nitrogen and oxygen atoms in total. The molecule has 44 valence electrons. The first-order valence-electron chi connectivity index (χ1n) is 1.29. The number of hydrogen-bond donors (Lipinski definition) is 0. The Bertz CT molecular complexity index is 80.2. The summed E-state index contributed by atoms with van der Waals surface area (Å²) < 4.78 is 31.7. The molecule has 0 amide bonds. The maximum atomic E-state index is 10.7. The van der Waals surface area contributed by atoms with E-state index in [1.165, 1.54) is 0 Å². The van der Waals surface area contributed by atoms with Gasteiger partial charge in [-0.1, -0.05) is 0 Å². The zero-order valence-electron chi connectivity index (χ0n) is 5.03. The molecule has 0 saturated heterocycles. The molecule has 0 radical (unpaired) electrons. The van der Waals surface area contributed by atoms with Crippen molar-refractivity contribution in [3.63, 3.8) is 0 Å². The second-order valence-electron chi connectivity index (χ2n) is 0.697. The third-order valence-electron chi connectivity index (χ3n) is 0.254. The number of carbonyl (C=O) groups is 1. The zero-order valence-corrected chi connectivity index (χ0v) is 7.15. The molecule has 0 aromatic heterocycles. The third kappa shape index (κ3) is 5.04. The van der Waals surface area contributed by atoms with Crippen LogP contribution in [0.5, 0.6) is 0 Å². The molecule has 0 unspecified atom stereocenters. The van der Waals surface area contributed by atoms with Crippen LogP contribution in [0, 0.1) is 0 Å². The van der Waals surface area contributed by atoms with Crippen LogP contribution >= 0.6 is 0 Å². The Labute approximate surface area is 87.2 Å². The van der Waals surface area contributed by atoms with Crippen LogP contribution in [0.1, 0.15) is 1.43 Å². The van der Waals surface area contributed by atoms with Gasteiger partial charge in [-0.15, -0.1) is 0 Å². The van der Waals surface area contributed by atoms with Crippen LogP contribution in [0.25, 0.3) is 0 Å². The van der Waals surface area contributed by atoms with E-state index in [2.05, 4.69) is 4.94 Å². The SMILES string of the molecule is O=C(OF)C(F)F.[H-].[K+]. The van der Waals surface area contributed by atoms with Crippen molar-refractivity contribution in [3.8, 4) is 0 Å². The van der Waals surface area contributed by atoms with Gasteiger partial charge >= 0.3 is 63.8 Å². The molecular formula is C2H2F3KO2. The van der Waals surface area contributed by atoms with E-state index in [1.807, 2.05) is 0 Å². The van der Waals surface area contributed by atoms with E-state index in [0.717, 1.165) is 0 Å². The van der Waals surface area contributed by atoms with Gasteiger partial charge in [0.25, 0.3) is 0 Å². The Kier molecular flexibility index (Phi) is 8.78. The van der Waals surface area contributed by atoms with Crippen LogP contribution < -0.4 is 51.4 Å². The first-order valence-corrected chi connectivity index (χ1v) is 1.29. The molecule has 0 bridgehead atoms. The summed E-state index contributed by atoms with van der Waals surface area (Å²) >= 11 is 0. The zero-order chi connectivity index (χ0) is 5.86. The Morgan fingerprint density at radius 3 is 2.00 bits per heavy atom. The monoisotopic (exact) mass is 154 g/mol. The van der Waals surface area contributed by atoms with E-state index < -0.39 is 12.4 Å². The summed E-state index contributed by atoms with van der Waals surface area (Å²) in [4.78, 5) is 11.3. The predicted molar refractivity (Wildman–Crippen MR) is 14.3 cm³/mol. The molecule has 0 aliphatic heterocycles. The van der Waals surface area contributed by atoms with Crippen molar-refractivity contribution in [1.29, 1.82) is 0 Å². The van der Waals surface area contributed by atoms with Crippen molar-refractivity contribution in [2.24, 2.45) is 0 Å². The van der Waals surface area contributed by atoms with Gasteiger partial charge in [-0.3, -0.25) is 0 Å². The second-order valence-corrected chi connectivity index (χ2v) is 0.697. The fraction of sp³-hybridized carbons (Fsp3) is 0.500. The number of alkyl halides is 2. The molecule has 0 aromatic carbocycles. The molecule has 0 aliphatic rings. The fourth-order valence-electron chi connectivity index (χ4n) is 0.0337. The number of carbonyl (C=O) groups excluding carboxylic acids is 1. The van der Waals surface area contributed by atoms with E-state index in [1.54, 1.807) is 0 Å². The molecule has 0 rings (SSSR count). The van der Waals surface area contributed by atoms with E-state index in [4.69, 9.17) is 4.79 Å². The summed E-state index contributed by atoms with van der Waals surface area (Å²) in [7, 11) is 0. The van der Waals surface area contributed by atoms with Gasteiger partial charge in [0.15, 0.2) is 0 Å². The molecule has 0 atom stereocenters. The van der Waals surface area contributed by atoms with Crippen molar-refractivity contribution >= 4 is 5.97 Å². The number of rotatable bonds is 1. The van der Waals surface area contributed by atoms with Gasteiger partial charge in [-0.05, 0) is 0 Å². The average molecular weight is 154 g/mol. The largest absolute Gasteiger partial charge is 1.00 e. The van der Waals surface area contributed by atoms with Gasteiger partial charge in [0.05, 0.1) is 0 Å². The molecule has 0 heterocycles. The van der Waals surface area contributed by atoms with Crippen molar-refractivity contribution in [1.82, 2.24) is 0 Å². The Hall–Kier alpha value is 0.896.